The molecule has 0 bridgehead atoms. The summed E-state index contributed by atoms with van der Waals surface area (Å²) < 4.78 is 2.33. The van der Waals surface area contributed by atoms with E-state index < -0.39 is 0 Å². The van der Waals surface area contributed by atoms with Crippen LogP contribution in [0.3, 0.4) is 0 Å². The Labute approximate surface area is 134 Å². The van der Waals surface area contributed by atoms with Gasteiger partial charge in [-0.2, -0.15) is 5.10 Å². The molecule has 6 heteroatoms. The zero-order chi connectivity index (χ0) is 15.6. The van der Waals surface area contributed by atoms with Gasteiger partial charge < -0.3 is 10.2 Å². The fraction of sp³-hybridized carbons (Fsp3) is 0.733. The average molecular weight is 357 g/mol. The minimum Gasteiger partial charge on any atom is -0.378 e. The fourth-order valence-corrected chi connectivity index (χ4v) is 2.54. The second-order valence-corrected chi connectivity index (χ2v) is 7.57. The molecular formula is C15H25BrN4O. The van der Waals surface area contributed by atoms with Crippen molar-refractivity contribution >= 4 is 21.6 Å². The summed E-state index contributed by atoms with van der Waals surface area (Å²) in [5.74, 6) is 0.613. The molecule has 1 N–H and O–H groups in total. The minimum atomic E-state index is -0.0363. The van der Waals surface area contributed by atoms with E-state index in [1.807, 2.05) is 14.1 Å². The molecule has 0 atom stereocenters. The number of hydrogen-bond donors (Lipinski definition) is 1. The molecule has 5 nitrogen and oxygen atoms in total. The molecule has 0 aromatic carbocycles. The van der Waals surface area contributed by atoms with E-state index in [2.05, 4.69) is 45.1 Å². The van der Waals surface area contributed by atoms with Crippen LogP contribution in [0.1, 0.15) is 33.1 Å². The highest BCUT2D eigenvalue weighted by Crippen LogP contribution is 2.27. The largest absolute Gasteiger partial charge is 0.378 e. The van der Waals surface area contributed by atoms with Gasteiger partial charge in [-0.3, -0.25) is 4.79 Å². The molecular weight excluding hydrogens is 332 g/mol. The highest BCUT2D eigenvalue weighted by atomic mass is 79.9. The van der Waals surface area contributed by atoms with E-state index in [0.29, 0.717) is 18.2 Å². The smallest absolute Gasteiger partial charge is 0.291 e. The van der Waals surface area contributed by atoms with Crippen LogP contribution < -0.4 is 10.9 Å². The van der Waals surface area contributed by atoms with Gasteiger partial charge in [-0.05, 0) is 62.6 Å². The monoisotopic (exact) mass is 356 g/mol. The summed E-state index contributed by atoms with van der Waals surface area (Å²) >= 11 is 3.43. The minimum absolute atomic E-state index is 0.0338. The van der Waals surface area contributed by atoms with Crippen LogP contribution in [-0.4, -0.2) is 40.9 Å². The number of nitrogens with one attached hydrogen (secondary N) is 1. The molecule has 0 aliphatic heterocycles. The first kappa shape index (κ1) is 16.5. The predicted molar refractivity (Wildman–Crippen MR) is 89.8 cm³/mol. The van der Waals surface area contributed by atoms with Gasteiger partial charge in [-0.1, -0.05) is 6.42 Å². The molecule has 1 aliphatic carbocycles. The summed E-state index contributed by atoms with van der Waals surface area (Å²) in [6, 6.07) is 0. The molecule has 0 saturated heterocycles. The summed E-state index contributed by atoms with van der Waals surface area (Å²) in [5, 5.41) is 7.54. The first-order valence-electron chi connectivity index (χ1n) is 7.48. The van der Waals surface area contributed by atoms with Gasteiger partial charge in [-0.15, -0.1) is 0 Å². The van der Waals surface area contributed by atoms with Crippen LogP contribution in [0.25, 0.3) is 0 Å². The third-order valence-electron chi connectivity index (χ3n) is 4.56. The molecule has 1 aromatic heterocycles. The lowest BCUT2D eigenvalue weighted by atomic mass is 9.85. The standard InChI is InChI=1S/C15H25BrN4O/c1-15(2,19(3)4)10-17-13-12(16)8-18-20(14(13)21)9-11-6-5-7-11/h8,11,17H,5-7,9-10H2,1-4H3. The van der Waals surface area contributed by atoms with Crippen LogP contribution in [0.4, 0.5) is 5.69 Å². The average Bonchev–Trinajstić information content (AvgIpc) is 2.35. The quantitative estimate of drug-likeness (QED) is 0.850. The Balaban J connectivity index is 2.14. The molecule has 0 radical (unpaired) electrons. The van der Waals surface area contributed by atoms with Crippen LogP contribution >= 0.6 is 15.9 Å². The zero-order valence-electron chi connectivity index (χ0n) is 13.3. The lowest BCUT2D eigenvalue weighted by Gasteiger charge is -2.33. The second-order valence-electron chi connectivity index (χ2n) is 6.71. The van der Waals surface area contributed by atoms with Gasteiger partial charge in [0.25, 0.3) is 5.56 Å². The molecule has 0 spiro atoms. The van der Waals surface area contributed by atoms with Crippen molar-refractivity contribution < 1.29 is 0 Å². The number of nitrogens with zero attached hydrogens (tertiary/aromatic N) is 3. The summed E-state index contributed by atoms with van der Waals surface area (Å²) in [4.78, 5) is 14.7. The third-order valence-corrected chi connectivity index (χ3v) is 5.16. The molecule has 118 valence electrons. The van der Waals surface area contributed by atoms with Gasteiger partial charge in [0.15, 0.2) is 0 Å². The Morgan fingerprint density at radius 2 is 2.14 bits per heavy atom. The second kappa shape index (κ2) is 6.48. The third kappa shape index (κ3) is 3.86. The first-order valence-corrected chi connectivity index (χ1v) is 8.27. The molecule has 1 heterocycles. The highest BCUT2D eigenvalue weighted by molar-refractivity contribution is 9.10. The Bertz CT molecular complexity index is 549. The summed E-state index contributed by atoms with van der Waals surface area (Å²) in [5.41, 5.74) is 0.540. The van der Waals surface area contributed by atoms with Crippen LogP contribution in [0.2, 0.25) is 0 Å². The molecule has 1 aromatic rings. The topological polar surface area (TPSA) is 50.2 Å². The van der Waals surface area contributed by atoms with Crippen molar-refractivity contribution in [1.82, 2.24) is 14.7 Å². The van der Waals surface area contributed by atoms with E-state index in [0.717, 1.165) is 11.0 Å². The van der Waals surface area contributed by atoms with Crippen LogP contribution in [0, 0.1) is 5.92 Å². The van der Waals surface area contributed by atoms with Crippen molar-refractivity contribution in [3.63, 3.8) is 0 Å². The van der Waals surface area contributed by atoms with E-state index in [1.54, 1.807) is 10.9 Å². The maximum Gasteiger partial charge on any atom is 0.291 e. The lowest BCUT2D eigenvalue weighted by molar-refractivity contribution is 0.210. The van der Waals surface area contributed by atoms with Crippen molar-refractivity contribution in [3.05, 3.63) is 21.0 Å². The molecule has 1 fully saturated rings. The molecule has 21 heavy (non-hydrogen) atoms. The maximum atomic E-state index is 12.5. The molecule has 2 rings (SSSR count). The number of likely N-dealkylation sites (N-methyl/N-ethyl adjacent to an activating group) is 1. The summed E-state index contributed by atoms with van der Waals surface area (Å²) in [6.45, 7) is 5.71. The lowest BCUT2D eigenvalue weighted by Crippen LogP contribution is -2.45. The van der Waals surface area contributed by atoms with E-state index in [9.17, 15) is 4.79 Å². The van der Waals surface area contributed by atoms with Crippen molar-refractivity contribution in [1.29, 1.82) is 0 Å². The van der Waals surface area contributed by atoms with Crippen molar-refractivity contribution in [3.8, 4) is 0 Å². The first-order chi connectivity index (χ1) is 9.81. The molecule has 0 unspecified atom stereocenters. The van der Waals surface area contributed by atoms with E-state index in [4.69, 9.17) is 0 Å². The Morgan fingerprint density at radius 3 is 2.67 bits per heavy atom. The van der Waals surface area contributed by atoms with E-state index in [1.165, 1.54) is 19.3 Å². The number of halogens is 1. The van der Waals surface area contributed by atoms with Crippen LogP contribution in [-0.2, 0) is 6.54 Å². The fourth-order valence-electron chi connectivity index (χ4n) is 2.14. The number of hydrogen-bond acceptors (Lipinski definition) is 4. The Morgan fingerprint density at radius 1 is 1.48 bits per heavy atom. The van der Waals surface area contributed by atoms with Gasteiger partial charge in [0, 0.05) is 18.6 Å². The normalized spacial score (nSPS) is 16.1. The number of rotatable bonds is 6. The Hall–Kier alpha value is -0.880. The van der Waals surface area contributed by atoms with Crippen LogP contribution in [0.5, 0.6) is 0 Å². The van der Waals surface area contributed by atoms with Gasteiger partial charge in [-0.25, -0.2) is 4.68 Å². The highest BCUT2D eigenvalue weighted by Gasteiger charge is 2.23. The van der Waals surface area contributed by atoms with Crippen LogP contribution in [0.15, 0.2) is 15.5 Å². The number of anilines is 1. The van der Waals surface area contributed by atoms with Crippen molar-refractivity contribution in [2.24, 2.45) is 5.92 Å². The summed E-state index contributed by atoms with van der Waals surface area (Å²) in [7, 11) is 4.08. The zero-order valence-corrected chi connectivity index (χ0v) is 14.9. The molecule has 0 amide bonds. The predicted octanol–water partition coefficient (Wildman–Crippen LogP) is 2.56. The Kier molecular flexibility index (Phi) is 5.09. The van der Waals surface area contributed by atoms with Gasteiger partial charge in [0.05, 0.1) is 10.7 Å². The summed E-state index contributed by atoms with van der Waals surface area (Å²) in [6.07, 6.45) is 5.41. The van der Waals surface area contributed by atoms with Crippen molar-refractivity contribution in [2.75, 3.05) is 26.0 Å². The number of aromatic nitrogens is 2. The van der Waals surface area contributed by atoms with Gasteiger partial charge in [0.1, 0.15) is 5.69 Å². The van der Waals surface area contributed by atoms with Crippen molar-refractivity contribution in [2.45, 2.75) is 45.2 Å². The van der Waals surface area contributed by atoms with Gasteiger partial charge in [0.2, 0.25) is 0 Å². The maximum absolute atomic E-state index is 12.5. The SMILES string of the molecule is CN(C)C(C)(C)CNc1c(Br)cnn(CC2CCC2)c1=O. The van der Waals surface area contributed by atoms with E-state index in [-0.39, 0.29) is 11.1 Å². The van der Waals surface area contributed by atoms with E-state index >= 15 is 0 Å². The molecule has 1 saturated carbocycles. The van der Waals surface area contributed by atoms with Gasteiger partial charge >= 0.3 is 0 Å². The molecule has 1 aliphatic rings.